The van der Waals surface area contributed by atoms with E-state index >= 15 is 0 Å². The molecule has 0 radical (unpaired) electrons. The Morgan fingerprint density at radius 2 is 2.17 bits per heavy atom. The third-order valence-corrected chi connectivity index (χ3v) is 4.64. The molecule has 18 heavy (non-hydrogen) atoms. The van der Waals surface area contributed by atoms with Gasteiger partial charge < -0.3 is 4.42 Å². The maximum atomic E-state index is 5.82. The van der Waals surface area contributed by atoms with Crippen molar-refractivity contribution in [2.75, 3.05) is 19.6 Å². The van der Waals surface area contributed by atoms with E-state index < -0.39 is 0 Å². The molecule has 2 fully saturated rings. The van der Waals surface area contributed by atoms with Gasteiger partial charge in [-0.2, -0.15) is 0 Å². The van der Waals surface area contributed by atoms with E-state index in [-0.39, 0.29) is 0 Å². The summed E-state index contributed by atoms with van der Waals surface area (Å²) in [5, 5.41) is 0. The summed E-state index contributed by atoms with van der Waals surface area (Å²) in [6.07, 6.45) is 2.75. The van der Waals surface area contributed by atoms with Crippen molar-refractivity contribution in [2.45, 2.75) is 52.2 Å². The summed E-state index contributed by atoms with van der Waals surface area (Å²) in [5.41, 5.74) is 1.28. The van der Waals surface area contributed by atoms with Crippen LogP contribution in [0.5, 0.6) is 0 Å². The van der Waals surface area contributed by atoms with Crippen molar-refractivity contribution in [1.29, 1.82) is 0 Å². The van der Waals surface area contributed by atoms with Crippen molar-refractivity contribution >= 4 is 0 Å². The third-order valence-electron chi connectivity index (χ3n) is 4.64. The molecule has 2 saturated heterocycles. The van der Waals surface area contributed by atoms with Crippen LogP contribution in [0.4, 0.5) is 0 Å². The number of hydrogen-bond donors (Lipinski definition) is 0. The molecule has 0 amide bonds. The van der Waals surface area contributed by atoms with Gasteiger partial charge in [0.1, 0.15) is 11.5 Å². The van der Waals surface area contributed by atoms with E-state index in [2.05, 4.69) is 36.6 Å². The van der Waals surface area contributed by atoms with Crippen LogP contribution in [0.3, 0.4) is 0 Å². The van der Waals surface area contributed by atoms with Crippen LogP contribution in [0, 0.1) is 13.8 Å². The second-order valence-electron chi connectivity index (χ2n) is 6.02. The van der Waals surface area contributed by atoms with Gasteiger partial charge in [0.25, 0.3) is 0 Å². The maximum Gasteiger partial charge on any atom is 0.118 e. The zero-order valence-corrected chi connectivity index (χ0v) is 11.8. The van der Waals surface area contributed by atoms with E-state index in [4.69, 9.17) is 4.42 Å². The number of furan rings is 1. The van der Waals surface area contributed by atoms with E-state index in [1.54, 1.807) is 0 Å². The van der Waals surface area contributed by atoms with E-state index in [9.17, 15) is 0 Å². The van der Waals surface area contributed by atoms with Gasteiger partial charge in [-0.3, -0.25) is 9.80 Å². The zero-order chi connectivity index (χ0) is 12.7. The lowest BCUT2D eigenvalue weighted by Gasteiger charge is -2.41. The molecule has 3 nitrogen and oxygen atoms in total. The molecule has 0 aliphatic carbocycles. The van der Waals surface area contributed by atoms with Crippen LogP contribution >= 0.6 is 0 Å². The Bertz CT molecular complexity index is 407. The molecule has 0 spiro atoms. The molecule has 3 heterocycles. The Hall–Kier alpha value is -0.800. The van der Waals surface area contributed by atoms with Crippen LogP contribution in [0.25, 0.3) is 0 Å². The van der Waals surface area contributed by atoms with Crippen molar-refractivity contribution in [3.05, 3.63) is 23.2 Å². The highest BCUT2D eigenvalue weighted by Gasteiger charge is 2.34. The van der Waals surface area contributed by atoms with Gasteiger partial charge in [0.15, 0.2) is 0 Å². The van der Waals surface area contributed by atoms with Crippen LogP contribution in [0.15, 0.2) is 10.5 Å². The molecule has 1 aromatic heterocycles. The van der Waals surface area contributed by atoms with Crippen molar-refractivity contribution < 1.29 is 4.42 Å². The van der Waals surface area contributed by atoms with Gasteiger partial charge in [0.05, 0.1) is 6.54 Å². The molecular weight excluding hydrogens is 224 g/mol. The number of fused-ring (bicyclic) bond motifs is 1. The van der Waals surface area contributed by atoms with Gasteiger partial charge in [-0.1, -0.05) is 0 Å². The molecule has 1 aromatic rings. The first-order chi connectivity index (χ1) is 8.63. The van der Waals surface area contributed by atoms with Crippen LogP contribution in [0.2, 0.25) is 0 Å². The lowest BCUT2D eigenvalue weighted by molar-refractivity contribution is 0.0492. The predicted molar refractivity (Wildman–Crippen MR) is 72.6 cm³/mol. The zero-order valence-electron chi connectivity index (χ0n) is 11.8. The number of hydrogen-bond acceptors (Lipinski definition) is 3. The van der Waals surface area contributed by atoms with Crippen molar-refractivity contribution in [1.82, 2.24) is 9.80 Å². The standard InChI is InChI=1S/C15H24N2O/c1-11-7-15(18-13(11)3)10-17-9-14-5-4-6-16(14)8-12(17)2/h7,12,14H,4-6,8-10H2,1-3H3/t12-,14+/m1/s1. The molecule has 2 aliphatic heterocycles. The maximum absolute atomic E-state index is 5.82. The molecule has 0 N–H and O–H groups in total. The Morgan fingerprint density at radius 3 is 2.89 bits per heavy atom. The van der Waals surface area contributed by atoms with Gasteiger partial charge in [0, 0.05) is 25.2 Å². The summed E-state index contributed by atoms with van der Waals surface area (Å²) in [6, 6.07) is 3.63. The summed E-state index contributed by atoms with van der Waals surface area (Å²) in [6.45, 7) is 11.2. The number of aryl methyl sites for hydroxylation is 2. The molecule has 0 unspecified atom stereocenters. The van der Waals surface area contributed by atoms with E-state index in [0.29, 0.717) is 6.04 Å². The molecule has 0 saturated carbocycles. The Kier molecular flexibility index (Phi) is 3.20. The molecule has 0 aromatic carbocycles. The Labute approximate surface area is 110 Å². The fourth-order valence-corrected chi connectivity index (χ4v) is 3.40. The summed E-state index contributed by atoms with van der Waals surface area (Å²) in [7, 11) is 0. The second-order valence-corrected chi connectivity index (χ2v) is 6.02. The minimum atomic E-state index is 0.644. The molecule has 2 aliphatic rings. The van der Waals surface area contributed by atoms with Gasteiger partial charge in [0.2, 0.25) is 0 Å². The smallest absolute Gasteiger partial charge is 0.118 e. The summed E-state index contributed by atoms with van der Waals surface area (Å²) < 4.78 is 5.82. The van der Waals surface area contributed by atoms with Crippen LogP contribution in [-0.4, -0.2) is 41.5 Å². The minimum Gasteiger partial charge on any atom is -0.465 e. The van der Waals surface area contributed by atoms with Crippen LogP contribution < -0.4 is 0 Å². The summed E-state index contributed by atoms with van der Waals surface area (Å²) in [5.74, 6) is 2.19. The molecule has 3 rings (SSSR count). The van der Waals surface area contributed by atoms with Gasteiger partial charge >= 0.3 is 0 Å². The third kappa shape index (κ3) is 2.21. The quantitative estimate of drug-likeness (QED) is 0.802. The lowest BCUT2D eigenvalue weighted by atomic mass is 10.1. The second kappa shape index (κ2) is 4.71. The Balaban J connectivity index is 1.68. The predicted octanol–water partition coefficient (Wildman–Crippen LogP) is 2.56. The SMILES string of the molecule is Cc1cc(CN2C[C@@H]3CCCN3C[C@H]2C)oc1C. The number of piperazine rings is 1. The van der Waals surface area contributed by atoms with Crippen molar-refractivity contribution in [2.24, 2.45) is 0 Å². The van der Waals surface area contributed by atoms with Crippen LogP contribution in [0.1, 0.15) is 36.8 Å². The number of rotatable bonds is 2. The molecule has 2 atom stereocenters. The van der Waals surface area contributed by atoms with E-state index in [1.807, 2.05) is 0 Å². The van der Waals surface area contributed by atoms with E-state index in [1.165, 1.54) is 38.0 Å². The largest absolute Gasteiger partial charge is 0.465 e. The normalized spacial score (nSPS) is 29.7. The topological polar surface area (TPSA) is 19.6 Å². The van der Waals surface area contributed by atoms with Gasteiger partial charge in [-0.25, -0.2) is 0 Å². The first kappa shape index (κ1) is 12.2. The molecule has 0 bridgehead atoms. The molecule has 3 heteroatoms. The monoisotopic (exact) mass is 248 g/mol. The average Bonchev–Trinajstić information content (AvgIpc) is 2.87. The highest BCUT2D eigenvalue weighted by Crippen LogP contribution is 2.26. The van der Waals surface area contributed by atoms with Gasteiger partial charge in [-0.05, 0) is 51.8 Å². The first-order valence-electron chi connectivity index (χ1n) is 7.17. The van der Waals surface area contributed by atoms with Crippen LogP contribution in [-0.2, 0) is 6.54 Å². The van der Waals surface area contributed by atoms with Crippen molar-refractivity contribution in [3.8, 4) is 0 Å². The highest BCUT2D eigenvalue weighted by molar-refractivity contribution is 5.18. The van der Waals surface area contributed by atoms with Crippen molar-refractivity contribution in [3.63, 3.8) is 0 Å². The fraction of sp³-hybridized carbons (Fsp3) is 0.733. The summed E-state index contributed by atoms with van der Waals surface area (Å²) in [4.78, 5) is 5.25. The van der Waals surface area contributed by atoms with E-state index in [0.717, 1.165) is 24.1 Å². The molecular formula is C15H24N2O. The highest BCUT2D eigenvalue weighted by atomic mass is 16.3. The average molecular weight is 248 g/mol. The minimum absolute atomic E-state index is 0.644. The number of nitrogens with zero attached hydrogens (tertiary/aromatic N) is 2. The fourth-order valence-electron chi connectivity index (χ4n) is 3.40. The summed E-state index contributed by atoms with van der Waals surface area (Å²) >= 11 is 0. The first-order valence-corrected chi connectivity index (χ1v) is 7.17. The van der Waals surface area contributed by atoms with Gasteiger partial charge in [-0.15, -0.1) is 0 Å². The lowest BCUT2D eigenvalue weighted by Crippen LogP contribution is -2.54. The molecule has 100 valence electrons. The Morgan fingerprint density at radius 1 is 1.33 bits per heavy atom.